The van der Waals surface area contributed by atoms with Gasteiger partial charge in [-0.1, -0.05) is 0 Å². The topological polar surface area (TPSA) is 100 Å². The minimum atomic E-state index is -4.54. The average molecular weight is 476 g/mol. The number of carbonyl (C=O) groups is 1. The van der Waals surface area contributed by atoms with Crippen LogP contribution in [0.1, 0.15) is 67.2 Å². The normalized spacial score (nSPS) is 19.4. The van der Waals surface area contributed by atoms with Crippen LogP contribution in [0.5, 0.6) is 0 Å². The number of aliphatic hydroxyl groups excluding tert-OH is 1. The zero-order valence-electron chi connectivity index (χ0n) is 18.9. The quantitative estimate of drug-likeness (QED) is 0.498. The number of aromatic nitrogens is 3. The predicted molar refractivity (Wildman–Crippen MR) is 120 cm³/mol. The molecule has 0 radical (unpaired) electrons. The summed E-state index contributed by atoms with van der Waals surface area (Å²) in [5, 5.41) is 28.2. The van der Waals surface area contributed by atoms with Crippen molar-refractivity contribution in [3.63, 3.8) is 0 Å². The summed E-state index contributed by atoms with van der Waals surface area (Å²) in [5.74, 6) is -0.364. The van der Waals surface area contributed by atoms with Crippen LogP contribution < -0.4 is 5.32 Å². The van der Waals surface area contributed by atoms with E-state index in [4.69, 9.17) is 0 Å². The summed E-state index contributed by atoms with van der Waals surface area (Å²) in [6, 6.07) is 5.43. The van der Waals surface area contributed by atoms with Gasteiger partial charge >= 0.3 is 6.18 Å². The molecule has 1 aliphatic rings. The van der Waals surface area contributed by atoms with Gasteiger partial charge in [0, 0.05) is 35.6 Å². The summed E-state index contributed by atoms with van der Waals surface area (Å²) in [6.07, 6.45) is 1.62. The number of amides is 1. The Labute approximate surface area is 194 Å². The Morgan fingerprint density at radius 3 is 2.44 bits per heavy atom. The molecule has 0 atom stereocenters. The van der Waals surface area contributed by atoms with E-state index in [1.165, 1.54) is 0 Å². The zero-order chi connectivity index (χ0) is 24.7. The molecule has 0 bridgehead atoms. The minimum Gasteiger partial charge on any atom is -0.396 e. The van der Waals surface area contributed by atoms with Crippen LogP contribution in [0.15, 0.2) is 36.7 Å². The van der Waals surface area contributed by atoms with Gasteiger partial charge in [0.2, 0.25) is 0 Å². The third-order valence-electron chi connectivity index (χ3n) is 6.34. The molecule has 1 aromatic carbocycles. The largest absolute Gasteiger partial charge is 0.417 e. The number of halogens is 3. The first-order valence-electron chi connectivity index (χ1n) is 11.2. The summed E-state index contributed by atoms with van der Waals surface area (Å²) in [4.78, 5) is 16.4. The van der Waals surface area contributed by atoms with E-state index < -0.39 is 23.2 Å². The lowest BCUT2D eigenvalue weighted by Gasteiger charge is -2.27. The highest BCUT2D eigenvalue weighted by molar-refractivity contribution is 6.04. The molecular weight excluding hydrogens is 449 g/mol. The van der Waals surface area contributed by atoms with Crippen LogP contribution in [0.25, 0.3) is 10.9 Å². The number of carbonyl (C=O) groups excluding carboxylic acids is 1. The first-order valence-corrected chi connectivity index (χ1v) is 11.2. The molecular formula is C24H27F3N4O3. The van der Waals surface area contributed by atoms with Gasteiger partial charge in [0.25, 0.3) is 5.91 Å². The summed E-state index contributed by atoms with van der Waals surface area (Å²) >= 11 is 0. The van der Waals surface area contributed by atoms with Gasteiger partial charge in [-0.3, -0.25) is 14.5 Å². The van der Waals surface area contributed by atoms with Crippen molar-refractivity contribution in [1.29, 1.82) is 0 Å². The third kappa shape index (κ3) is 5.07. The van der Waals surface area contributed by atoms with Crippen molar-refractivity contribution >= 4 is 22.5 Å². The number of hydrogen-bond donors (Lipinski definition) is 3. The van der Waals surface area contributed by atoms with Gasteiger partial charge < -0.3 is 15.5 Å². The van der Waals surface area contributed by atoms with Crippen LogP contribution in [0.3, 0.4) is 0 Å². The Balaban J connectivity index is 1.62. The highest BCUT2D eigenvalue weighted by atomic mass is 19.4. The van der Waals surface area contributed by atoms with Crippen LogP contribution in [0.4, 0.5) is 18.9 Å². The number of hydrogen-bond acceptors (Lipinski definition) is 5. The van der Waals surface area contributed by atoms with Crippen molar-refractivity contribution in [3.8, 4) is 0 Å². The van der Waals surface area contributed by atoms with E-state index in [1.54, 1.807) is 26.0 Å². The number of nitrogens with zero attached hydrogens (tertiary/aromatic N) is 3. The number of rotatable bonds is 5. The molecule has 34 heavy (non-hydrogen) atoms. The molecule has 1 saturated carbocycles. The van der Waals surface area contributed by atoms with E-state index >= 15 is 0 Å². The molecule has 0 saturated heterocycles. The maximum atomic E-state index is 12.8. The number of pyridine rings is 1. The van der Waals surface area contributed by atoms with Gasteiger partial charge in [0.1, 0.15) is 5.69 Å². The lowest BCUT2D eigenvalue weighted by atomic mass is 9.87. The maximum absolute atomic E-state index is 12.8. The zero-order valence-corrected chi connectivity index (χ0v) is 18.9. The van der Waals surface area contributed by atoms with Gasteiger partial charge in [0.05, 0.1) is 22.7 Å². The standard InChI is InChI=1S/C24H27F3N4O3/c1-23(2,34)18-10-20-15(12-31(30-20)17-6-3-14(13-32)4-7-17)9-21(18)29-22(33)19-8-5-16(11-28-19)24(25,26)27/h5,8-12,14,17,32,34H,3-4,6-7,13H2,1-2H3,(H,29,33). The summed E-state index contributed by atoms with van der Waals surface area (Å²) < 4.78 is 40.3. The summed E-state index contributed by atoms with van der Waals surface area (Å²) in [7, 11) is 0. The molecule has 2 aromatic heterocycles. The number of alkyl halides is 3. The molecule has 4 rings (SSSR count). The fraction of sp³-hybridized carbons (Fsp3) is 0.458. The van der Waals surface area contributed by atoms with Crippen molar-refractivity contribution in [1.82, 2.24) is 14.8 Å². The second kappa shape index (κ2) is 8.99. The smallest absolute Gasteiger partial charge is 0.396 e. The van der Waals surface area contributed by atoms with Crippen molar-refractivity contribution in [2.45, 2.75) is 57.3 Å². The van der Waals surface area contributed by atoms with Crippen LogP contribution in [0.2, 0.25) is 0 Å². The minimum absolute atomic E-state index is 0.175. The molecule has 2 heterocycles. The average Bonchev–Trinajstić information content (AvgIpc) is 3.20. The number of fused-ring (bicyclic) bond motifs is 1. The Hall–Kier alpha value is -2.98. The molecule has 7 nitrogen and oxygen atoms in total. The highest BCUT2D eigenvalue weighted by Gasteiger charge is 2.31. The number of anilines is 1. The molecule has 3 aromatic rings. The number of nitrogens with one attached hydrogen (secondary N) is 1. The van der Waals surface area contributed by atoms with Gasteiger partial charge in [-0.15, -0.1) is 0 Å². The number of benzene rings is 1. The van der Waals surface area contributed by atoms with Gasteiger partial charge in [-0.25, -0.2) is 0 Å². The Kier molecular flexibility index (Phi) is 6.39. The summed E-state index contributed by atoms with van der Waals surface area (Å²) in [5.41, 5.74) is -1.01. The van der Waals surface area contributed by atoms with Gasteiger partial charge in [-0.2, -0.15) is 18.3 Å². The van der Waals surface area contributed by atoms with Crippen LogP contribution in [-0.2, 0) is 11.8 Å². The first kappa shape index (κ1) is 24.2. The van der Waals surface area contributed by atoms with Crippen molar-refractivity contribution < 1.29 is 28.2 Å². The molecule has 10 heteroatoms. The highest BCUT2D eigenvalue weighted by Crippen LogP contribution is 2.35. The molecule has 1 fully saturated rings. The van der Waals surface area contributed by atoms with E-state index in [9.17, 15) is 28.2 Å². The lowest BCUT2D eigenvalue weighted by Crippen LogP contribution is -2.21. The molecule has 3 N–H and O–H groups in total. The number of aliphatic hydroxyl groups is 2. The fourth-order valence-electron chi connectivity index (χ4n) is 4.36. The molecule has 0 unspecified atom stereocenters. The second-order valence-electron chi connectivity index (χ2n) is 9.37. The van der Waals surface area contributed by atoms with Crippen molar-refractivity contribution in [3.05, 3.63) is 53.5 Å². The SMILES string of the molecule is CC(C)(O)c1cc2nn(C3CCC(CO)CC3)cc2cc1NC(=O)c1ccc(C(F)(F)F)cn1. The van der Waals surface area contributed by atoms with E-state index in [0.717, 1.165) is 43.2 Å². The lowest BCUT2D eigenvalue weighted by molar-refractivity contribution is -0.137. The molecule has 182 valence electrons. The third-order valence-corrected chi connectivity index (χ3v) is 6.34. The predicted octanol–water partition coefficient (Wildman–Crippen LogP) is 4.65. The Bertz CT molecular complexity index is 1180. The Morgan fingerprint density at radius 2 is 1.88 bits per heavy atom. The van der Waals surface area contributed by atoms with Crippen LogP contribution in [0, 0.1) is 5.92 Å². The molecule has 0 spiro atoms. The second-order valence-corrected chi connectivity index (χ2v) is 9.37. The van der Waals surface area contributed by atoms with E-state index in [2.05, 4.69) is 15.4 Å². The monoisotopic (exact) mass is 476 g/mol. The molecule has 1 amide bonds. The Morgan fingerprint density at radius 1 is 1.18 bits per heavy atom. The van der Waals surface area contributed by atoms with E-state index in [-0.39, 0.29) is 18.3 Å². The van der Waals surface area contributed by atoms with Crippen molar-refractivity contribution in [2.24, 2.45) is 5.92 Å². The first-order chi connectivity index (χ1) is 16.0. The fourth-order valence-corrected chi connectivity index (χ4v) is 4.36. The van der Waals surface area contributed by atoms with Gasteiger partial charge in [0.15, 0.2) is 0 Å². The van der Waals surface area contributed by atoms with E-state index in [1.807, 2.05) is 10.9 Å². The van der Waals surface area contributed by atoms with Crippen LogP contribution >= 0.6 is 0 Å². The van der Waals surface area contributed by atoms with Crippen molar-refractivity contribution in [2.75, 3.05) is 11.9 Å². The maximum Gasteiger partial charge on any atom is 0.417 e. The molecule has 0 aliphatic heterocycles. The van der Waals surface area contributed by atoms with E-state index in [0.29, 0.717) is 28.9 Å². The molecule has 1 aliphatic carbocycles. The summed E-state index contributed by atoms with van der Waals surface area (Å²) in [6.45, 7) is 3.35. The van der Waals surface area contributed by atoms with Gasteiger partial charge in [-0.05, 0) is 69.7 Å². The van der Waals surface area contributed by atoms with Crippen LogP contribution in [-0.4, -0.2) is 37.5 Å².